The Bertz CT molecular complexity index is 750. The lowest BCUT2D eigenvalue weighted by atomic mass is 10.1. The van der Waals surface area contributed by atoms with Gasteiger partial charge in [-0.2, -0.15) is 11.8 Å². The van der Waals surface area contributed by atoms with E-state index in [9.17, 15) is 33.9 Å². The van der Waals surface area contributed by atoms with E-state index in [1.807, 2.05) is 6.26 Å². The van der Waals surface area contributed by atoms with Gasteiger partial charge in [0.25, 0.3) is 0 Å². The highest BCUT2D eigenvalue weighted by molar-refractivity contribution is 7.98. The Morgan fingerprint density at radius 1 is 0.853 bits per heavy atom. The molecule has 0 bridgehead atoms. The van der Waals surface area contributed by atoms with Crippen molar-refractivity contribution in [2.24, 2.45) is 11.5 Å². The van der Waals surface area contributed by atoms with Crippen LogP contribution in [0.5, 0.6) is 0 Å². The van der Waals surface area contributed by atoms with Crippen LogP contribution in [0.4, 0.5) is 0 Å². The molecular weight excluding hydrogens is 474 g/mol. The number of aliphatic hydroxyl groups is 1. The minimum atomic E-state index is -1.70. The minimum Gasteiger partial charge on any atom is -0.481 e. The number of hydrogen-bond donors (Lipinski definition) is 8. The van der Waals surface area contributed by atoms with Crippen molar-refractivity contribution >= 4 is 47.3 Å². The maximum absolute atomic E-state index is 12.8. The molecule has 4 amide bonds. The lowest BCUT2D eigenvalue weighted by Gasteiger charge is -2.25. The van der Waals surface area contributed by atoms with Crippen LogP contribution in [0.15, 0.2) is 0 Å². The summed E-state index contributed by atoms with van der Waals surface area (Å²) in [6.07, 6.45) is -0.823. The standard InChI is InChI=1S/C19H33N5O9S/c1-9(25)15(19(32)33)24-18(31)11(3-5-13(21)26)23-17(30)12(4-6-14(27)28)22-16(29)10(20)7-8-34-2/h9-12,15,25H,3-8,20H2,1-2H3,(H2,21,26)(H,22,29)(H,23,30)(H,24,31)(H,27,28)(H,32,33). The molecule has 0 aromatic heterocycles. The first-order valence-corrected chi connectivity index (χ1v) is 11.8. The zero-order valence-electron chi connectivity index (χ0n) is 19.0. The molecule has 34 heavy (non-hydrogen) atoms. The van der Waals surface area contributed by atoms with Crippen LogP contribution in [0.3, 0.4) is 0 Å². The molecule has 0 radical (unpaired) electrons. The monoisotopic (exact) mass is 507 g/mol. The lowest BCUT2D eigenvalue weighted by Crippen LogP contribution is -2.58. The second kappa shape index (κ2) is 15.8. The number of thioether (sulfide) groups is 1. The predicted molar refractivity (Wildman–Crippen MR) is 121 cm³/mol. The summed E-state index contributed by atoms with van der Waals surface area (Å²) >= 11 is 1.46. The number of carbonyl (C=O) groups is 6. The van der Waals surface area contributed by atoms with Crippen molar-refractivity contribution in [1.29, 1.82) is 0 Å². The van der Waals surface area contributed by atoms with E-state index < -0.39 is 72.3 Å². The van der Waals surface area contributed by atoms with Crippen molar-refractivity contribution in [3.05, 3.63) is 0 Å². The van der Waals surface area contributed by atoms with E-state index in [0.717, 1.165) is 6.92 Å². The fourth-order valence-corrected chi connectivity index (χ4v) is 3.15. The number of nitrogens with one attached hydrogen (secondary N) is 3. The third kappa shape index (κ3) is 12.4. The van der Waals surface area contributed by atoms with Crippen molar-refractivity contribution in [1.82, 2.24) is 16.0 Å². The third-order valence-electron chi connectivity index (χ3n) is 4.61. The van der Waals surface area contributed by atoms with Crippen molar-refractivity contribution < 1.29 is 44.1 Å². The van der Waals surface area contributed by atoms with Gasteiger partial charge in [0.2, 0.25) is 23.6 Å². The summed E-state index contributed by atoms with van der Waals surface area (Å²) in [4.78, 5) is 71.1. The topological polar surface area (TPSA) is 251 Å². The van der Waals surface area contributed by atoms with Gasteiger partial charge in [0.1, 0.15) is 12.1 Å². The zero-order chi connectivity index (χ0) is 26.4. The van der Waals surface area contributed by atoms with E-state index in [1.165, 1.54) is 11.8 Å². The number of aliphatic hydroxyl groups excluding tert-OH is 1. The van der Waals surface area contributed by atoms with Gasteiger partial charge in [-0.3, -0.25) is 24.0 Å². The molecular formula is C19H33N5O9S. The van der Waals surface area contributed by atoms with Gasteiger partial charge >= 0.3 is 11.9 Å². The normalized spacial score (nSPS) is 15.2. The summed E-state index contributed by atoms with van der Waals surface area (Å²) in [5.74, 6) is -5.66. The molecule has 0 aliphatic rings. The second-order valence-electron chi connectivity index (χ2n) is 7.51. The van der Waals surface area contributed by atoms with Gasteiger partial charge < -0.3 is 42.7 Å². The van der Waals surface area contributed by atoms with Crippen LogP contribution < -0.4 is 27.4 Å². The number of carboxylic acid groups (broad SMARTS) is 2. The van der Waals surface area contributed by atoms with Crippen LogP contribution in [-0.4, -0.2) is 93.2 Å². The average Bonchev–Trinajstić information content (AvgIpc) is 2.74. The molecule has 5 unspecified atom stereocenters. The molecule has 0 fully saturated rings. The molecule has 0 heterocycles. The smallest absolute Gasteiger partial charge is 0.328 e. The molecule has 194 valence electrons. The Morgan fingerprint density at radius 2 is 1.35 bits per heavy atom. The van der Waals surface area contributed by atoms with E-state index in [-0.39, 0.29) is 19.3 Å². The highest BCUT2D eigenvalue weighted by atomic mass is 32.2. The molecule has 10 N–H and O–H groups in total. The molecule has 0 aromatic rings. The summed E-state index contributed by atoms with van der Waals surface area (Å²) in [5.41, 5.74) is 10.9. The predicted octanol–water partition coefficient (Wildman–Crippen LogP) is -2.88. The van der Waals surface area contributed by atoms with Crippen LogP contribution in [0.2, 0.25) is 0 Å². The fraction of sp³-hybridized carbons (Fsp3) is 0.684. The van der Waals surface area contributed by atoms with Crippen LogP contribution in [-0.2, 0) is 28.8 Å². The molecule has 0 aliphatic heterocycles. The lowest BCUT2D eigenvalue weighted by molar-refractivity contribution is -0.145. The first-order valence-electron chi connectivity index (χ1n) is 10.4. The van der Waals surface area contributed by atoms with Crippen LogP contribution in [0.25, 0.3) is 0 Å². The number of hydrogen-bond acceptors (Lipinski definition) is 9. The Hall–Kier alpha value is -2.91. The van der Waals surface area contributed by atoms with Crippen molar-refractivity contribution in [3.63, 3.8) is 0 Å². The molecule has 0 saturated heterocycles. The number of carboxylic acids is 2. The maximum Gasteiger partial charge on any atom is 0.328 e. The Balaban J connectivity index is 5.58. The number of rotatable bonds is 17. The highest BCUT2D eigenvalue weighted by Crippen LogP contribution is 2.06. The van der Waals surface area contributed by atoms with Crippen molar-refractivity contribution in [3.8, 4) is 0 Å². The van der Waals surface area contributed by atoms with Crippen molar-refractivity contribution in [2.45, 2.75) is 69.3 Å². The Morgan fingerprint density at radius 3 is 1.79 bits per heavy atom. The van der Waals surface area contributed by atoms with E-state index in [2.05, 4.69) is 16.0 Å². The SMILES string of the molecule is CSCCC(N)C(=O)NC(CCC(=O)O)C(=O)NC(CCC(N)=O)C(=O)NC(C(=O)O)C(C)O. The highest BCUT2D eigenvalue weighted by Gasteiger charge is 2.32. The zero-order valence-corrected chi connectivity index (χ0v) is 19.8. The van der Waals surface area contributed by atoms with Gasteiger partial charge in [0.15, 0.2) is 6.04 Å². The average molecular weight is 508 g/mol. The largest absolute Gasteiger partial charge is 0.481 e. The first kappa shape index (κ1) is 31.1. The molecule has 5 atom stereocenters. The second-order valence-corrected chi connectivity index (χ2v) is 8.50. The number of amides is 4. The van der Waals surface area contributed by atoms with Gasteiger partial charge in [-0.1, -0.05) is 0 Å². The molecule has 0 rings (SSSR count). The molecule has 0 spiro atoms. The molecule has 15 heteroatoms. The number of primary amides is 1. The van der Waals surface area contributed by atoms with Gasteiger partial charge in [0, 0.05) is 12.8 Å². The minimum absolute atomic E-state index is 0.305. The number of nitrogens with two attached hydrogens (primary N) is 2. The molecule has 0 saturated carbocycles. The third-order valence-corrected chi connectivity index (χ3v) is 5.25. The molecule has 0 aromatic carbocycles. The van der Waals surface area contributed by atoms with E-state index in [4.69, 9.17) is 21.7 Å². The van der Waals surface area contributed by atoms with Crippen molar-refractivity contribution in [2.75, 3.05) is 12.0 Å². The van der Waals surface area contributed by atoms with E-state index in [1.54, 1.807) is 0 Å². The summed E-state index contributed by atoms with van der Waals surface area (Å²) in [7, 11) is 0. The fourth-order valence-electron chi connectivity index (χ4n) is 2.66. The van der Waals surface area contributed by atoms with Crippen LogP contribution >= 0.6 is 11.8 Å². The maximum atomic E-state index is 12.8. The van der Waals surface area contributed by atoms with Gasteiger partial charge in [-0.05, 0) is 38.2 Å². The molecule has 14 nitrogen and oxygen atoms in total. The van der Waals surface area contributed by atoms with Crippen LogP contribution in [0, 0.1) is 0 Å². The number of aliphatic carboxylic acids is 2. The summed E-state index contributed by atoms with van der Waals surface area (Å²) in [5, 5.41) is 34.4. The summed E-state index contributed by atoms with van der Waals surface area (Å²) < 4.78 is 0. The quantitative estimate of drug-likeness (QED) is 0.0992. The van der Waals surface area contributed by atoms with Gasteiger partial charge in [-0.15, -0.1) is 0 Å². The van der Waals surface area contributed by atoms with Gasteiger partial charge in [-0.25, -0.2) is 4.79 Å². The van der Waals surface area contributed by atoms with Crippen LogP contribution in [0.1, 0.15) is 39.0 Å². The van der Waals surface area contributed by atoms with E-state index >= 15 is 0 Å². The molecule has 0 aliphatic carbocycles. The Kier molecular flexibility index (Phi) is 14.5. The Labute approximate surface area is 200 Å². The number of carbonyl (C=O) groups excluding carboxylic acids is 4. The summed E-state index contributed by atoms with van der Waals surface area (Å²) in [6.45, 7) is 1.13. The van der Waals surface area contributed by atoms with E-state index in [0.29, 0.717) is 12.2 Å². The summed E-state index contributed by atoms with van der Waals surface area (Å²) in [6, 6.07) is -5.49. The first-order chi connectivity index (χ1) is 15.8. The van der Waals surface area contributed by atoms with Gasteiger partial charge in [0.05, 0.1) is 12.1 Å².